The van der Waals surface area contributed by atoms with Gasteiger partial charge in [0.25, 0.3) is 5.91 Å². The molecule has 0 radical (unpaired) electrons. The summed E-state index contributed by atoms with van der Waals surface area (Å²) in [6.07, 6.45) is 0. The van der Waals surface area contributed by atoms with Crippen molar-refractivity contribution in [3.05, 3.63) is 64.3 Å². The molecule has 1 heterocycles. The maximum absolute atomic E-state index is 11.4. The van der Waals surface area contributed by atoms with E-state index in [0.717, 1.165) is 10.0 Å². The van der Waals surface area contributed by atoms with E-state index >= 15 is 0 Å². The van der Waals surface area contributed by atoms with Crippen molar-refractivity contribution in [1.29, 1.82) is 0 Å². The van der Waals surface area contributed by atoms with Crippen LogP contribution in [0.5, 0.6) is 5.75 Å². The van der Waals surface area contributed by atoms with Gasteiger partial charge in [0.2, 0.25) is 0 Å². The number of hydrogen-bond donors (Lipinski definition) is 2. The Balaban J connectivity index is 1.87. The lowest BCUT2D eigenvalue weighted by atomic mass is 10.1. The van der Waals surface area contributed by atoms with Gasteiger partial charge in [-0.05, 0) is 29.8 Å². The lowest BCUT2D eigenvalue weighted by Gasteiger charge is -2.10. The fraction of sp³-hybridized carbons (Fsp3) is 0.0625. The molecule has 0 saturated heterocycles. The zero-order chi connectivity index (χ0) is 16.2. The number of hydrogen-bond acceptors (Lipinski definition) is 4. The molecule has 0 atom stereocenters. The van der Waals surface area contributed by atoms with E-state index in [2.05, 4.69) is 31.3 Å². The Morgan fingerprint density at radius 1 is 1.13 bits per heavy atom. The Kier molecular flexibility index (Phi) is 4.38. The number of benzene rings is 2. The Morgan fingerprint density at radius 3 is 2.61 bits per heavy atom. The SMILES string of the molecule is NC(=O)c1n[nH]nc1-c1ccccc1OCc1ccc(Br)cc1. The monoisotopic (exact) mass is 372 g/mol. The number of ether oxygens (including phenoxy) is 1. The van der Waals surface area contributed by atoms with Crippen molar-refractivity contribution in [3.63, 3.8) is 0 Å². The highest BCUT2D eigenvalue weighted by Gasteiger charge is 2.18. The van der Waals surface area contributed by atoms with Crippen LogP contribution in [0.4, 0.5) is 0 Å². The largest absolute Gasteiger partial charge is 0.488 e. The molecule has 116 valence electrons. The molecule has 0 aliphatic carbocycles. The molecule has 3 rings (SSSR count). The van der Waals surface area contributed by atoms with E-state index < -0.39 is 5.91 Å². The predicted molar refractivity (Wildman–Crippen MR) is 88.8 cm³/mol. The highest BCUT2D eigenvalue weighted by Crippen LogP contribution is 2.30. The van der Waals surface area contributed by atoms with Crippen molar-refractivity contribution in [2.75, 3.05) is 0 Å². The van der Waals surface area contributed by atoms with Crippen LogP contribution in [0.2, 0.25) is 0 Å². The second kappa shape index (κ2) is 6.62. The Morgan fingerprint density at radius 2 is 1.87 bits per heavy atom. The number of amides is 1. The molecular weight excluding hydrogens is 360 g/mol. The molecule has 0 spiro atoms. The van der Waals surface area contributed by atoms with Crippen molar-refractivity contribution >= 4 is 21.8 Å². The summed E-state index contributed by atoms with van der Waals surface area (Å²) in [6.45, 7) is 0.397. The molecule has 6 nitrogen and oxygen atoms in total. The fourth-order valence-electron chi connectivity index (χ4n) is 2.12. The Labute approximate surface area is 140 Å². The van der Waals surface area contributed by atoms with Crippen LogP contribution >= 0.6 is 15.9 Å². The summed E-state index contributed by atoms with van der Waals surface area (Å²) in [7, 11) is 0. The number of nitrogens with one attached hydrogen (secondary N) is 1. The summed E-state index contributed by atoms with van der Waals surface area (Å²) in [5, 5.41) is 10.2. The van der Waals surface area contributed by atoms with Crippen molar-refractivity contribution in [2.24, 2.45) is 5.73 Å². The summed E-state index contributed by atoms with van der Waals surface area (Å²) in [5.41, 5.74) is 7.47. The van der Waals surface area contributed by atoms with Crippen molar-refractivity contribution in [2.45, 2.75) is 6.61 Å². The number of H-pyrrole nitrogens is 1. The second-order valence-electron chi connectivity index (χ2n) is 4.80. The third-order valence-corrected chi connectivity index (χ3v) is 3.76. The lowest BCUT2D eigenvalue weighted by molar-refractivity contribution is 0.0996. The number of para-hydroxylation sites is 1. The molecule has 3 N–H and O–H groups in total. The zero-order valence-electron chi connectivity index (χ0n) is 12.0. The molecule has 0 aliphatic heterocycles. The van der Waals surface area contributed by atoms with Gasteiger partial charge in [-0.25, -0.2) is 0 Å². The molecule has 7 heteroatoms. The van der Waals surface area contributed by atoms with Crippen molar-refractivity contribution in [3.8, 4) is 17.0 Å². The van der Waals surface area contributed by atoms with Crippen molar-refractivity contribution in [1.82, 2.24) is 15.4 Å². The van der Waals surface area contributed by atoms with Crippen LogP contribution in [0.15, 0.2) is 53.0 Å². The van der Waals surface area contributed by atoms with Gasteiger partial charge in [0.15, 0.2) is 5.69 Å². The van der Waals surface area contributed by atoms with Gasteiger partial charge in [-0.3, -0.25) is 4.79 Å². The Hall–Kier alpha value is -2.67. The first-order valence-corrected chi connectivity index (χ1v) is 7.61. The highest BCUT2D eigenvalue weighted by molar-refractivity contribution is 9.10. The Bertz CT molecular complexity index is 830. The van der Waals surface area contributed by atoms with E-state index in [0.29, 0.717) is 23.6 Å². The van der Waals surface area contributed by atoms with Crippen LogP contribution in [0.3, 0.4) is 0 Å². The zero-order valence-corrected chi connectivity index (χ0v) is 13.6. The standard InChI is InChI=1S/C16H13BrN4O2/c17-11-7-5-10(6-8-11)9-23-13-4-2-1-3-12(13)14-15(16(18)22)20-21-19-14/h1-8H,9H2,(H2,18,22)(H,19,20,21). The topological polar surface area (TPSA) is 93.9 Å². The summed E-state index contributed by atoms with van der Waals surface area (Å²) in [5.74, 6) is -0.0386. The van der Waals surface area contributed by atoms with E-state index in [1.165, 1.54) is 0 Å². The number of aromatic nitrogens is 3. The summed E-state index contributed by atoms with van der Waals surface area (Å²) in [4.78, 5) is 11.4. The molecule has 0 unspecified atom stereocenters. The van der Waals surface area contributed by atoms with Crippen LogP contribution in [0, 0.1) is 0 Å². The van der Waals surface area contributed by atoms with Gasteiger partial charge in [0, 0.05) is 10.0 Å². The number of aromatic amines is 1. The van der Waals surface area contributed by atoms with Crippen LogP contribution in [0.25, 0.3) is 11.3 Å². The highest BCUT2D eigenvalue weighted by atomic mass is 79.9. The maximum atomic E-state index is 11.4. The van der Waals surface area contributed by atoms with Crippen LogP contribution in [0.1, 0.15) is 16.1 Å². The molecule has 23 heavy (non-hydrogen) atoms. The maximum Gasteiger partial charge on any atom is 0.271 e. The minimum atomic E-state index is -0.642. The van der Waals surface area contributed by atoms with E-state index in [1.54, 1.807) is 6.07 Å². The molecule has 1 amide bonds. The molecule has 0 fully saturated rings. The number of nitrogens with zero attached hydrogens (tertiary/aromatic N) is 2. The summed E-state index contributed by atoms with van der Waals surface area (Å²) < 4.78 is 6.88. The molecule has 0 aliphatic rings. The summed E-state index contributed by atoms with van der Waals surface area (Å²) >= 11 is 3.40. The lowest BCUT2D eigenvalue weighted by Crippen LogP contribution is -2.13. The van der Waals surface area contributed by atoms with Gasteiger partial charge in [-0.2, -0.15) is 15.4 Å². The van der Waals surface area contributed by atoms with Crippen LogP contribution in [-0.4, -0.2) is 21.3 Å². The average Bonchev–Trinajstić information content (AvgIpc) is 3.04. The normalized spacial score (nSPS) is 10.5. The third-order valence-electron chi connectivity index (χ3n) is 3.23. The van der Waals surface area contributed by atoms with Crippen LogP contribution in [-0.2, 0) is 6.61 Å². The minimum absolute atomic E-state index is 0.0877. The fourth-order valence-corrected chi connectivity index (χ4v) is 2.38. The third kappa shape index (κ3) is 3.40. The van der Waals surface area contributed by atoms with Gasteiger partial charge in [-0.15, -0.1) is 0 Å². The molecular formula is C16H13BrN4O2. The molecule has 2 aromatic carbocycles. The minimum Gasteiger partial charge on any atom is -0.488 e. The first kappa shape index (κ1) is 15.2. The molecule has 0 saturated carbocycles. The van der Waals surface area contributed by atoms with E-state index in [-0.39, 0.29) is 5.69 Å². The number of carbonyl (C=O) groups is 1. The van der Waals surface area contributed by atoms with Gasteiger partial charge < -0.3 is 10.5 Å². The number of rotatable bonds is 5. The first-order chi connectivity index (χ1) is 11.1. The van der Waals surface area contributed by atoms with Crippen molar-refractivity contribution < 1.29 is 9.53 Å². The van der Waals surface area contributed by atoms with Gasteiger partial charge in [0.1, 0.15) is 18.1 Å². The van der Waals surface area contributed by atoms with Gasteiger partial charge in [0.05, 0.1) is 0 Å². The van der Waals surface area contributed by atoms with Gasteiger partial charge in [-0.1, -0.05) is 40.2 Å². The second-order valence-corrected chi connectivity index (χ2v) is 5.71. The number of carbonyl (C=O) groups excluding carboxylic acids is 1. The van der Waals surface area contributed by atoms with Crippen LogP contribution < -0.4 is 10.5 Å². The van der Waals surface area contributed by atoms with E-state index in [4.69, 9.17) is 10.5 Å². The van der Waals surface area contributed by atoms with Gasteiger partial charge >= 0.3 is 0 Å². The van der Waals surface area contributed by atoms with E-state index in [9.17, 15) is 4.79 Å². The number of primary amides is 1. The average molecular weight is 373 g/mol. The molecule has 3 aromatic rings. The quantitative estimate of drug-likeness (QED) is 0.719. The molecule has 1 aromatic heterocycles. The summed E-state index contributed by atoms with van der Waals surface area (Å²) in [6, 6.07) is 15.1. The van der Waals surface area contributed by atoms with E-state index in [1.807, 2.05) is 42.5 Å². The molecule has 0 bridgehead atoms. The predicted octanol–water partition coefficient (Wildman–Crippen LogP) is 2.91. The number of halogens is 1. The number of nitrogens with two attached hydrogens (primary N) is 1. The smallest absolute Gasteiger partial charge is 0.271 e. The first-order valence-electron chi connectivity index (χ1n) is 6.82.